The van der Waals surface area contributed by atoms with Crippen molar-refractivity contribution in [2.75, 3.05) is 19.8 Å². The highest BCUT2D eigenvalue weighted by molar-refractivity contribution is 5.38. The van der Waals surface area contributed by atoms with E-state index in [4.69, 9.17) is 15.2 Å². The van der Waals surface area contributed by atoms with Gasteiger partial charge in [-0.25, -0.2) is 0 Å². The van der Waals surface area contributed by atoms with Crippen molar-refractivity contribution >= 4 is 0 Å². The maximum absolute atomic E-state index is 5.74. The highest BCUT2D eigenvalue weighted by Crippen LogP contribution is 2.20. The molecule has 0 saturated heterocycles. The molecular weight excluding hydrogens is 214 g/mol. The second-order valence-electron chi connectivity index (χ2n) is 4.29. The summed E-state index contributed by atoms with van der Waals surface area (Å²) in [5.41, 5.74) is 8.18. The average Bonchev–Trinajstić information content (AvgIpc) is 2.33. The van der Waals surface area contributed by atoms with Crippen molar-refractivity contribution in [3.8, 4) is 5.75 Å². The van der Waals surface area contributed by atoms with Gasteiger partial charge in [-0.3, -0.25) is 0 Å². The van der Waals surface area contributed by atoms with Gasteiger partial charge >= 0.3 is 0 Å². The SMILES string of the molecule is CCC(N)COCCOc1cccc(C)c1C. The quantitative estimate of drug-likeness (QED) is 0.741. The van der Waals surface area contributed by atoms with Crippen molar-refractivity contribution in [2.45, 2.75) is 33.2 Å². The summed E-state index contributed by atoms with van der Waals surface area (Å²) in [5.74, 6) is 0.938. The lowest BCUT2D eigenvalue weighted by atomic mass is 10.1. The van der Waals surface area contributed by atoms with Crippen LogP contribution in [0.15, 0.2) is 18.2 Å². The molecule has 1 aromatic rings. The third kappa shape index (κ3) is 4.75. The Balaban J connectivity index is 2.25. The van der Waals surface area contributed by atoms with Gasteiger partial charge in [0.15, 0.2) is 0 Å². The van der Waals surface area contributed by atoms with E-state index in [-0.39, 0.29) is 6.04 Å². The van der Waals surface area contributed by atoms with E-state index in [1.165, 1.54) is 11.1 Å². The molecule has 0 aromatic heterocycles. The standard InChI is InChI=1S/C14H23NO2/c1-4-13(15)10-16-8-9-17-14-7-5-6-11(2)12(14)3/h5-7,13H,4,8-10,15H2,1-3H3. The highest BCUT2D eigenvalue weighted by atomic mass is 16.5. The molecule has 0 bridgehead atoms. The molecule has 3 nitrogen and oxygen atoms in total. The van der Waals surface area contributed by atoms with Crippen LogP contribution in [0.5, 0.6) is 5.75 Å². The van der Waals surface area contributed by atoms with Gasteiger partial charge in [-0.05, 0) is 37.5 Å². The number of hydrogen-bond acceptors (Lipinski definition) is 3. The van der Waals surface area contributed by atoms with Crippen LogP contribution < -0.4 is 10.5 Å². The van der Waals surface area contributed by atoms with Crippen LogP contribution in [-0.4, -0.2) is 25.9 Å². The summed E-state index contributed by atoms with van der Waals surface area (Å²) < 4.78 is 11.1. The predicted octanol–water partition coefficient (Wildman–Crippen LogP) is 2.44. The fourth-order valence-electron chi connectivity index (χ4n) is 1.44. The van der Waals surface area contributed by atoms with E-state index in [1.54, 1.807) is 0 Å². The van der Waals surface area contributed by atoms with Crippen molar-refractivity contribution in [3.05, 3.63) is 29.3 Å². The Hall–Kier alpha value is -1.06. The van der Waals surface area contributed by atoms with Crippen LogP contribution in [0, 0.1) is 13.8 Å². The molecule has 0 aliphatic rings. The second kappa shape index (κ2) is 7.30. The molecule has 96 valence electrons. The van der Waals surface area contributed by atoms with Gasteiger partial charge in [-0.2, -0.15) is 0 Å². The summed E-state index contributed by atoms with van der Waals surface area (Å²) in [6.45, 7) is 7.96. The first-order valence-electron chi connectivity index (χ1n) is 6.17. The molecule has 1 aromatic carbocycles. The molecule has 0 spiro atoms. The van der Waals surface area contributed by atoms with Crippen molar-refractivity contribution in [1.82, 2.24) is 0 Å². The molecule has 2 N–H and O–H groups in total. The third-order valence-electron chi connectivity index (χ3n) is 2.90. The molecular formula is C14H23NO2. The topological polar surface area (TPSA) is 44.5 Å². The predicted molar refractivity (Wildman–Crippen MR) is 70.5 cm³/mol. The largest absolute Gasteiger partial charge is 0.491 e. The van der Waals surface area contributed by atoms with Gasteiger partial charge in [0.25, 0.3) is 0 Å². The van der Waals surface area contributed by atoms with Crippen molar-refractivity contribution in [1.29, 1.82) is 0 Å². The minimum atomic E-state index is 0.135. The van der Waals surface area contributed by atoms with Crippen LogP contribution in [0.4, 0.5) is 0 Å². The lowest BCUT2D eigenvalue weighted by Crippen LogP contribution is -2.26. The van der Waals surface area contributed by atoms with Gasteiger partial charge in [0.2, 0.25) is 0 Å². The number of aryl methyl sites for hydroxylation is 1. The van der Waals surface area contributed by atoms with Crippen LogP contribution in [0.25, 0.3) is 0 Å². The Morgan fingerprint density at radius 1 is 1.24 bits per heavy atom. The van der Waals surface area contributed by atoms with Gasteiger partial charge in [-0.1, -0.05) is 19.1 Å². The van der Waals surface area contributed by atoms with Gasteiger partial charge < -0.3 is 15.2 Å². The van der Waals surface area contributed by atoms with E-state index >= 15 is 0 Å². The summed E-state index contributed by atoms with van der Waals surface area (Å²) in [6.07, 6.45) is 0.942. The molecule has 0 radical (unpaired) electrons. The van der Waals surface area contributed by atoms with Gasteiger partial charge in [0.1, 0.15) is 12.4 Å². The van der Waals surface area contributed by atoms with Crippen molar-refractivity contribution in [3.63, 3.8) is 0 Å². The smallest absolute Gasteiger partial charge is 0.122 e. The molecule has 1 rings (SSSR count). The van der Waals surface area contributed by atoms with E-state index in [0.29, 0.717) is 19.8 Å². The number of ether oxygens (including phenoxy) is 2. The van der Waals surface area contributed by atoms with Crippen molar-refractivity contribution in [2.24, 2.45) is 5.73 Å². The van der Waals surface area contributed by atoms with Gasteiger partial charge in [0.05, 0.1) is 13.2 Å². The second-order valence-corrected chi connectivity index (χ2v) is 4.29. The van der Waals surface area contributed by atoms with Gasteiger partial charge in [0, 0.05) is 6.04 Å². The Morgan fingerprint density at radius 3 is 2.71 bits per heavy atom. The normalized spacial score (nSPS) is 12.5. The molecule has 0 aliphatic heterocycles. The number of nitrogens with two attached hydrogens (primary N) is 1. The first kappa shape index (κ1) is 14.0. The fraction of sp³-hybridized carbons (Fsp3) is 0.571. The highest BCUT2D eigenvalue weighted by Gasteiger charge is 2.02. The molecule has 1 unspecified atom stereocenters. The van der Waals surface area contributed by atoms with Gasteiger partial charge in [-0.15, -0.1) is 0 Å². The fourth-order valence-corrected chi connectivity index (χ4v) is 1.44. The summed E-state index contributed by atoms with van der Waals surface area (Å²) in [5, 5.41) is 0. The molecule has 17 heavy (non-hydrogen) atoms. The van der Waals surface area contributed by atoms with Crippen LogP contribution >= 0.6 is 0 Å². The molecule has 0 saturated carbocycles. The maximum Gasteiger partial charge on any atom is 0.122 e. The van der Waals surface area contributed by atoms with Crippen LogP contribution in [-0.2, 0) is 4.74 Å². The average molecular weight is 237 g/mol. The number of rotatable bonds is 7. The molecule has 0 heterocycles. The lowest BCUT2D eigenvalue weighted by molar-refractivity contribution is 0.0895. The molecule has 0 aliphatic carbocycles. The van der Waals surface area contributed by atoms with Crippen LogP contribution in [0.1, 0.15) is 24.5 Å². The van der Waals surface area contributed by atoms with E-state index < -0.39 is 0 Å². The number of benzene rings is 1. The Bertz CT molecular complexity index is 339. The first-order chi connectivity index (χ1) is 8.15. The number of hydrogen-bond donors (Lipinski definition) is 1. The van der Waals surface area contributed by atoms with Crippen molar-refractivity contribution < 1.29 is 9.47 Å². The Morgan fingerprint density at radius 2 is 2.00 bits per heavy atom. The van der Waals surface area contributed by atoms with E-state index in [9.17, 15) is 0 Å². The summed E-state index contributed by atoms with van der Waals surface area (Å²) in [7, 11) is 0. The van der Waals surface area contributed by atoms with Crippen LogP contribution in [0.3, 0.4) is 0 Å². The van der Waals surface area contributed by atoms with E-state index in [0.717, 1.165) is 12.2 Å². The molecule has 0 fully saturated rings. The third-order valence-corrected chi connectivity index (χ3v) is 2.90. The van der Waals surface area contributed by atoms with E-state index in [1.807, 2.05) is 12.1 Å². The first-order valence-corrected chi connectivity index (χ1v) is 6.17. The lowest BCUT2D eigenvalue weighted by Gasteiger charge is -2.12. The van der Waals surface area contributed by atoms with Crippen LogP contribution in [0.2, 0.25) is 0 Å². The molecule has 0 amide bonds. The minimum Gasteiger partial charge on any atom is -0.491 e. The Labute approximate surface area is 104 Å². The summed E-state index contributed by atoms with van der Waals surface area (Å²) in [6, 6.07) is 6.21. The maximum atomic E-state index is 5.74. The minimum absolute atomic E-state index is 0.135. The zero-order chi connectivity index (χ0) is 12.7. The summed E-state index contributed by atoms with van der Waals surface area (Å²) in [4.78, 5) is 0. The Kier molecular flexibility index (Phi) is 6.01. The monoisotopic (exact) mass is 237 g/mol. The zero-order valence-corrected chi connectivity index (χ0v) is 11.0. The van der Waals surface area contributed by atoms with E-state index in [2.05, 4.69) is 26.8 Å². The molecule has 1 atom stereocenters. The molecule has 3 heteroatoms. The zero-order valence-electron chi connectivity index (χ0n) is 11.0. The summed E-state index contributed by atoms with van der Waals surface area (Å²) >= 11 is 0.